The molecule has 0 amide bonds. The first-order valence-electron chi connectivity index (χ1n) is 9.20. The first-order valence-corrected chi connectivity index (χ1v) is 10.00. The van der Waals surface area contributed by atoms with E-state index in [2.05, 4.69) is 31.3 Å². The summed E-state index contributed by atoms with van der Waals surface area (Å²) in [6, 6.07) is 11.2. The van der Waals surface area contributed by atoms with Crippen LogP contribution in [0, 0.1) is 0 Å². The molecule has 1 atom stereocenters. The highest BCUT2D eigenvalue weighted by Gasteiger charge is 2.30. The molecule has 2 aromatic carbocycles. The second-order valence-electron chi connectivity index (χ2n) is 6.92. The van der Waals surface area contributed by atoms with Crippen LogP contribution in [0.2, 0.25) is 0 Å². The van der Waals surface area contributed by atoms with Crippen molar-refractivity contribution < 1.29 is 18.6 Å². The van der Waals surface area contributed by atoms with Crippen molar-refractivity contribution in [2.75, 3.05) is 19.0 Å². The number of benzene rings is 2. The lowest BCUT2D eigenvalue weighted by Crippen LogP contribution is -2.19. The van der Waals surface area contributed by atoms with Crippen LogP contribution in [0.15, 0.2) is 53.1 Å². The summed E-state index contributed by atoms with van der Waals surface area (Å²) in [6.45, 7) is 0.626. The Kier molecular flexibility index (Phi) is 5.33. The smallest absolute Gasteiger partial charge is 0.295 e. The zero-order valence-electron chi connectivity index (χ0n) is 16.2. The molecule has 0 aliphatic heterocycles. The van der Waals surface area contributed by atoms with Gasteiger partial charge in [0.2, 0.25) is 0 Å². The number of hydrogen-bond acceptors (Lipinski definition) is 5. The SMILES string of the molecule is COc1cc2c(cc1Br)c(N[C@H](C)c1cccc(C(F)(F)CO)c1)nc1ccnn12. The topological polar surface area (TPSA) is 71.7 Å². The van der Waals surface area contributed by atoms with Crippen molar-refractivity contribution in [3.8, 4) is 5.75 Å². The van der Waals surface area contributed by atoms with Gasteiger partial charge in [0.1, 0.15) is 18.2 Å². The molecule has 0 bridgehead atoms. The van der Waals surface area contributed by atoms with Crippen LogP contribution in [0.1, 0.15) is 24.1 Å². The number of rotatable bonds is 6. The summed E-state index contributed by atoms with van der Waals surface area (Å²) >= 11 is 3.50. The van der Waals surface area contributed by atoms with E-state index < -0.39 is 12.5 Å². The second kappa shape index (κ2) is 7.81. The molecule has 0 fully saturated rings. The van der Waals surface area contributed by atoms with Gasteiger partial charge in [-0.15, -0.1) is 0 Å². The molecule has 6 nitrogen and oxygen atoms in total. The Morgan fingerprint density at radius 2 is 2.07 bits per heavy atom. The molecule has 2 N–H and O–H groups in total. The molecule has 2 aromatic heterocycles. The number of nitrogens with zero attached hydrogens (tertiary/aromatic N) is 3. The molecule has 4 aromatic rings. The van der Waals surface area contributed by atoms with E-state index in [4.69, 9.17) is 9.84 Å². The van der Waals surface area contributed by atoms with Gasteiger partial charge in [-0.3, -0.25) is 0 Å². The molecule has 156 valence electrons. The van der Waals surface area contributed by atoms with Gasteiger partial charge in [0.25, 0.3) is 5.92 Å². The standard InChI is InChI=1S/C21H19BrF2N4O2/c1-12(13-4-3-5-14(8-13)21(23,24)11-29)26-20-15-9-16(22)18(30-2)10-17(15)28-19(27-20)6-7-25-28/h3-10,12,29H,11H2,1-2H3,(H,26,27)/t12-/m1/s1. The summed E-state index contributed by atoms with van der Waals surface area (Å²) < 4.78 is 35.7. The Labute approximate surface area is 179 Å². The predicted octanol–water partition coefficient (Wildman–Crippen LogP) is 4.91. The monoisotopic (exact) mass is 476 g/mol. The van der Waals surface area contributed by atoms with Gasteiger partial charge in [-0.1, -0.05) is 18.2 Å². The van der Waals surface area contributed by atoms with E-state index in [1.165, 1.54) is 12.1 Å². The van der Waals surface area contributed by atoms with Crippen molar-refractivity contribution in [1.82, 2.24) is 14.6 Å². The van der Waals surface area contributed by atoms with Crippen LogP contribution in [-0.2, 0) is 5.92 Å². The molecule has 9 heteroatoms. The lowest BCUT2D eigenvalue weighted by molar-refractivity contribution is -0.0556. The lowest BCUT2D eigenvalue weighted by Gasteiger charge is -2.20. The van der Waals surface area contributed by atoms with Gasteiger partial charge in [-0.05, 0) is 40.5 Å². The minimum atomic E-state index is -3.29. The zero-order valence-corrected chi connectivity index (χ0v) is 17.8. The van der Waals surface area contributed by atoms with Crippen molar-refractivity contribution in [3.05, 3.63) is 64.3 Å². The van der Waals surface area contributed by atoms with E-state index in [0.29, 0.717) is 22.8 Å². The fourth-order valence-corrected chi connectivity index (χ4v) is 3.84. The molecule has 0 saturated carbocycles. The highest BCUT2D eigenvalue weighted by molar-refractivity contribution is 9.10. The highest BCUT2D eigenvalue weighted by atomic mass is 79.9. The maximum atomic E-state index is 13.9. The molecule has 0 saturated heterocycles. The number of nitrogens with one attached hydrogen (secondary N) is 1. The van der Waals surface area contributed by atoms with E-state index in [1.807, 2.05) is 19.1 Å². The maximum Gasteiger partial charge on any atom is 0.295 e. The number of aliphatic hydroxyl groups is 1. The number of fused-ring (bicyclic) bond motifs is 3. The molecule has 0 spiro atoms. The molecular weight excluding hydrogens is 458 g/mol. The Balaban J connectivity index is 1.78. The quantitative estimate of drug-likeness (QED) is 0.413. The average Bonchev–Trinajstić information content (AvgIpc) is 3.22. The number of hydrogen-bond donors (Lipinski definition) is 2. The van der Waals surface area contributed by atoms with Gasteiger partial charge < -0.3 is 15.2 Å². The third kappa shape index (κ3) is 3.59. The Morgan fingerprint density at radius 1 is 1.27 bits per heavy atom. The maximum absolute atomic E-state index is 13.9. The van der Waals surface area contributed by atoms with Crippen molar-refractivity contribution in [2.45, 2.75) is 18.9 Å². The summed E-state index contributed by atoms with van der Waals surface area (Å²) in [5, 5.41) is 17.4. The van der Waals surface area contributed by atoms with Gasteiger partial charge in [0.15, 0.2) is 5.65 Å². The first-order chi connectivity index (χ1) is 14.3. The van der Waals surface area contributed by atoms with Crippen molar-refractivity contribution >= 4 is 38.3 Å². The van der Waals surface area contributed by atoms with Crippen molar-refractivity contribution in [3.63, 3.8) is 0 Å². The van der Waals surface area contributed by atoms with E-state index in [9.17, 15) is 8.78 Å². The number of alkyl halides is 2. The number of aliphatic hydroxyl groups excluding tert-OH is 1. The number of anilines is 1. The first kappa shape index (κ1) is 20.5. The van der Waals surface area contributed by atoms with Crippen LogP contribution in [0.25, 0.3) is 16.6 Å². The van der Waals surface area contributed by atoms with Gasteiger partial charge in [0, 0.05) is 29.1 Å². The van der Waals surface area contributed by atoms with Crippen LogP contribution >= 0.6 is 15.9 Å². The van der Waals surface area contributed by atoms with E-state index in [1.54, 1.807) is 36.0 Å². The van der Waals surface area contributed by atoms with Crippen LogP contribution in [0.4, 0.5) is 14.6 Å². The van der Waals surface area contributed by atoms with Gasteiger partial charge >= 0.3 is 0 Å². The summed E-state index contributed by atoms with van der Waals surface area (Å²) in [5.41, 5.74) is 1.85. The largest absolute Gasteiger partial charge is 0.495 e. The van der Waals surface area contributed by atoms with E-state index >= 15 is 0 Å². The minimum absolute atomic E-state index is 0.229. The van der Waals surface area contributed by atoms with Gasteiger partial charge in [0.05, 0.1) is 23.3 Å². The lowest BCUT2D eigenvalue weighted by atomic mass is 10.0. The Morgan fingerprint density at radius 3 is 2.80 bits per heavy atom. The fraction of sp³-hybridized carbons (Fsp3) is 0.238. The number of halogens is 3. The third-order valence-corrected chi connectivity index (χ3v) is 5.58. The number of ether oxygens (including phenoxy) is 1. The number of methoxy groups -OCH3 is 1. The summed E-state index contributed by atoms with van der Waals surface area (Å²) in [6.07, 6.45) is 1.66. The molecule has 4 rings (SSSR count). The Bertz CT molecular complexity index is 1230. The molecule has 0 aliphatic carbocycles. The molecule has 0 aliphatic rings. The number of aromatic nitrogens is 3. The van der Waals surface area contributed by atoms with Crippen LogP contribution < -0.4 is 10.1 Å². The highest BCUT2D eigenvalue weighted by Crippen LogP contribution is 2.35. The third-order valence-electron chi connectivity index (χ3n) is 4.96. The molecular formula is C21H19BrF2N4O2. The average molecular weight is 477 g/mol. The zero-order chi connectivity index (χ0) is 21.5. The van der Waals surface area contributed by atoms with E-state index in [-0.39, 0.29) is 11.6 Å². The minimum Gasteiger partial charge on any atom is -0.495 e. The molecule has 30 heavy (non-hydrogen) atoms. The summed E-state index contributed by atoms with van der Waals surface area (Å²) in [4.78, 5) is 4.65. The van der Waals surface area contributed by atoms with Crippen LogP contribution in [0.5, 0.6) is 5.75 Å². The Hall–Kier alpha value is -2.78. The van der Waals surface area contributed by atoms with Crippen LogP contribution in [-0.4, -0.2) is 33.4 Å². The van der Waals surface area contributed by atoms with E-state index in [0.717, 1.165) is 15.4 Å². The molecule has 0 radical (unpaired) electrons. The second-order valence-corrected chi connectivity index (χ2v) is 7.77. The molecule has 0 unspecified atom stereocenters. The normalized spacial score (nSPS) is 13.0. The predicted molar refractivity (Wildman–Crippen MR) is 114 cm³/mol. The fourth-order valence-electron chi connectivity index (χ4n) is 3.33. The van der Waals surface area contributed by atoms with Crippen molar-refractivity contribution in [2.24, 2.45) is 0 Å². The molecule has 2 heterocycles. The van der Waals surface area contributed by atoms with Gasteiger partial charge in [-0.2, -0.15) is 13.9 Å². The summed E-state index contributed by atoms with van der Waals surface area (Å²) in [7, 11) is 1.59. The van der Waals surface area contributed by atoms with Gasteiger partial charge in [-0.25, -0.2) is 9.50 Å². The van der Waals surface area contributed by atoms with Crippen molar-refractivity contribution in [1.29, 1.82) is 0 Å². The summed E-state index contributed by atoms with van der Waals surface area (Å²) in [5.74, 6) is -2.05. The van der Waals surface area contributed by atoms with Crippen LogP contribution in [0.3, 0.4) is 0 Å².